The summed E-state index contributed by atoms with van der Waals surface area (Å²) in [6, 6.07) is 3.15. The van der Waals surface area contributed by atoms with Crippen LogP contribution in [0.4, 0.5) is 17.3 Å². The molecule has 6 nitrogen and oxygen atoms in total. The van der Waals surface area contributed by atoms with E-state index in [0.29, 0.717) is 5.82 Å². The summed E-state index contributed by atoms with van der Waals surface area (Å²) in [5.74, 6) is 0.260. The van der Waals surface area contributed by atoms with Gasteiger partial charge in [0.1, 0.15) is 5.69 Å². The zero-order chi connectivity index (χ0) is 10.7. The highest BCUT2D eigenvalue weighted by atomic mass is 16.6. The molecular weight excluding hydrogens is 184 g/mol. The summed E-state index contributed by atoms with van der Waals surface area (Å²) in [4.78, 5) is 15.6. The molecule has 0 spiro atoms. The van der Waals surface area contributed by atoms with E-state index >= 15 is 0 Å². The predicted molar refractivity (Wildman–Crippen MR) is 54.2 cm³/mol. The van der Waals surface area contributed by atoms with E-state index in [2.05, 4.69) is 4.98 Å². The van der Waals surface area contributed by atoms with Crippen LogP contribution in [-0.2, 0) is 0 Å². The fraction of sp³-hybridized carbons (Fsp3) is 0.375. The lowest BCUT2D eigenvalue weighted by atomic mass is 10.3. The summed E-state index contributed by atoms with van der Waals surface area (Å²) in [5, 5.41) is 10.5. The van der Waals surface area contributed by atoms with Gasteiger partial charge in [0.25, 0.3) is 0 Å². The summed E-state index contributed by atoms with van der Waals surface area (Å²) in [5.41, 5.74) is 5.50. The van der Waals surface area contributed by atoms with Crippen LogP contribution in [0.1, 0.15) is 6.92 Å². The molecule has 14 heavy (non-hydrogen) atoms. The third-order valence-corrected chi connectivity index (χ3v) is 1.93. The van der Waals surface area contributed by atoms with Gasteiger partial charge in [0.2, 0.25) is 5.82 Å². The van der Waals surface area contributed by atoms with Crippen LogP contribution < -0.4 is 10.6 Å². The summed E-state index contributed by atoms with van der Waals surface area (Å²) in [6.45, 7) is 2.66. The molecule has 0 aliphatic carbocycles. The van der Waals surface area contributed by atoms with Crippen LogP contribution in [0.5, 0.6) is 0 Å². The van der Waals surface area contributed by atoms with Crippen molar-refractivity contribution < 1.29 is 4.92 Å². The molecule has 0 radical (unpaired) electrons. The zero-order valence-corrected chi connectivity index (χ0v) is 8.10. The Balaban J connectivity index is 3.12. The fourth-order valence-electron chi connectivity index (χ4n) is 0.970. The van der Waals surface area contributed by atoms with Crippen LogP contribution in [0, 0.1) is 10.1 Å². The third kappa shape index (κ3) is 1.90. The van der Waals surface area contributed by atoms with Gasteiger partial charge in [-0.05, 0) is 22.9 Å². The number of pyridine rings is 1. The number of nitrogens with two attached hydrogens (primary N) is 1. The lowest BCUT2D eigenvalue weighted by Crippen LogP contribution is -2.17. The summed E-state index contributed by atoms with van der Waals surface area (Å²) < 4.78 is 0. The van der Waals surface area contributed by atoms with Crippen molar-refractivity contribution in [3.8, 4) is 0 Å². The van der Waals surface area contributed by atoms with Gasteiger partial charge in [-0.1, -0.05) is 0 Å². The van der Waals surface area contributed by atoms with Crippen LogP contribution in [0.3, 0.4) is 0 Å². The molecule has 1 aromatic rings. The first-order valence-electron chi connectivity index (χ1n) is 4.18. The van der Waals surface area contributed by atoms with Crippen LogP contribution in [0.15, 0.2) is 12.1 Å². The van der Waals surface area contributed by atoms with Gasteiger partial charge >= 0.3 is 5.82 Å². The average molecular weight is 196 g/mol. The Bertz CT molecular complexity index is 353. The minimum atomic E-state index is -0.581. The molecule has 0 fully saturated rings. The first kappa shape index (κ1) is 10.2. The van der Waals surface area contributed by atoms with Crippen molar-refractivity contribution >= 4 is 17.3 Å². The number of nitrogen functional groups attached to an aromatic ring is 1. The van der Waals surface area contributed by atoms with Crippen molar-refractivity contribution in [3.05, 3.63) is 22.2 Å². The van der Waals surface area contributed by atoms with E-state index in [1.54, 1.807) is 11.0 Å². The van der Waals surface area contributed by atoms with E-state index in [1.807, 2.05) is 14.0 Å². The first-order chi connectivity index (χ1) is 6.56. The molecular formula is C8H12N4O2. The van der Waals surface area contributed by atoms with Crippen LogP contribution >= 0.6 is 0 Å². The first-order valence-corrected chi connectivity index (χ1v) is 4.18. The van der Waals surface area contributed by atoms with E-state index < -0.39 is 4.92 Å². The van der Waals surface area contributed by atoms with Crippen molar-refractivity contribution in [2.24, 2.45) is 0 Å². The Morgan fingerprint density at radius 1 is 1.64 bits per heavy atom. The highest BCUT2D eigenvalue weighted by Crippen LogP contribution is 2.21. The second kappa shape index (κ2) is 3.91. The molecule has 6 heteroatoms. The molecule has 0 aliphatic rings. The van der Waals surface area contributed by atoms with E-state index in [9.17, 15) is 10.1 Å². The van der Waals surface area contributed by atoms with E-state index in [0.717, 1.165) is 6.54 Å². The topological polar surface area (TPSA) is 85.3 Å². The Morgan fingerprint density at radius 2 is 2.29 bits per heavy atom. The van der Waals surface area contributed by atoms with Crippen molar-refractivity contribution in [3.63, 3.8) is 0 Å². The quantitative estimate of drug-likeness (QED) is 0.576. The van der Waals surface area contributed by atoms with Gasteiger partial charge in [-0.15, -0.1) is 0 Å². The third-order valence-electron chi connectivity index (χ3n) is 1.93. The van der Waals surface area contributed by atoms with Gasteiger partial charge in [0, 0.05) is 19.7 Å². The van der Waals surface area contributed by atoms with Gasteiger partial charge in [-0.2, -0.15) is 0 Å². The molecule has 0 bridgehead atoms. The largest absolute Gasteiger partial charge is 0.392 e. The number of rotatable bonds is 3. The monoisotopic (exact) mass is 196 g/mol. The molecule has 0 unspecified atom stereocenters. The molecule has 2 N–H and O–H groups in total. The molecule has 0 aromatic carbocycles. The lowest BCUT2D eigenvalue weighted by Gasteiger charge is -2.11. The van der Waals surface area contributed by atoms with Crippen molar-refractivity contribution in [1.29, 1.82) is 0 Å². The molecule has 1 heterocycles. The zero-order valence-electron chi connectivity index (χ0n) is 8.10. The number of hydrogen-bond donors (Lipinski definition) is 1. The van der Waals surface area contributed by atoms with Gasteiger partial charge in [-0.3, -0.25) is 0 Å². The van der Waals surface area contributed by atoms with Crippen molar-refractivity contribution in [1.82, 2.24) is 4.98 Å². The van der Waals surface area contributed by atoms with Crippen molar-refractivity contribution in [2.75, 3.05) is 24.2 Å². The van der Waals surface area contributed by atoms with Gasteiger partial charge in [0.05, 0.1) is 0 Å². The van der Waals surface area contributed by atoms with Gasteiger partial charge in [-0.25, -0.2) is 0 Å². The number of anilines is 2. The summed E-state index contributed by atoms with van der Waals surface area (Å²) in [6.07, 6.45) is 0. The van der Waals surface area contributed by atoms with Gasteiger partial charge in [0.15, 0.2) is 0 Å². The highest BCUT2D eigenvalue weighted by molar-refractivity contribution is 5.58. The van der Waals surface area contributed by atoms with Crippen LogP contribution in [0.25, 0.3) is 0 Å². The number of nitrogens with zero attached hydrogens (tertiary/aromatic N) is 3. The molecule has 1 rings (SSSR count). The Morgan fingerprint density at radius 3 is 2.79 bits per heavy atom. The second-order valence-corrected chi connectivity index (χ2v) is 2.85. The molecule has 0 atom stereocenters. The molecule has 76 valence electrons. The SMILES string of the molecule is CCN(C)c1ccc(N)c([N+](=O)[O-])n1. The fourth-order valence-corrected chi connectivity index (χ4v) is 0.970. The Labute approximate surface area is 81.5 Å². The Hall–Kier alpha value is -1.85. The smallest absolute Gasteiger partial charge is 0.388 e. The average Bonchev–Trinajstić information content (AvgIpc) is 2.17. The number of hydrogen-bond acceptors (Lipinski definition) is 5. The number of aromatic nitrogens is 1. The maximum absolute atomic E-state index is 10.5. The van der Waals surface area contributed by atoms with E-state index in [4.69, 9.17) is 5.73 Å². The normalized spacial score (nSPS) is 9.86. The minimum Gasteiger partial charge on any atom is -0.392 e. The maximum Gasteiger partial charge on any atom is 0.388 e. The standard InChI is InChI=1S/C8H12N4O2/c1-3-11(2)7-5-4-6(9)8(10-7)12(13)14/h4-5H,3,9H2,1-2H3. The Kier molecular flexibility index (Phi) is 2.85. The van der Waals surface area contributed by atoms with Crippen molar-refractivity contribution in [2.45, 2.75) is 6.92 Å². The van der Waals surface area contributed by atoms with Crippen LogP contribution in [-0.4, -0.2) is 23.5 Å². The lowest BCUT2D eigenvalue weighted by molar-refractivity contribution is -0.388. The number of nitro groups is 1. The predicted octanol–water partition coefficient (Wildman–Crippen LogP) is 1.03. The summed E-state index contributed by atoms with van der Waals surface area (Å²) in [7, 11) is 1.81. The highest BCUT2D eigenvalue weighted by Gasteiger charge is 2.16. The summed E-state index contributed by atoms with van der Waals surface area (Å²) >= 11 is 0. The van der Waals surface area contributed by atoms with Gasteiger partial charge < -0.3 is 20.7 Å². The van der Waals surface area contributed by atoms with E-state index in [1.165, 1.54) is 6.07 Å². The molecule has 0 saturated carbocycles. The van der Waals surface area contributed by atoms with E-state index in [-0.39, 0.29) is 11.5 Å². The minimum absolute atomic E-state index is 0.0863. The molecule has 1 aromatic heterocycles. The van der Waals surface area contributed by atoms with Crippen LogP contribution in [0.2, 0.25) is 0 Å². The molecule has 0 amide bonds. The second-order valence-electron chi connectivity index (χ2n) is 2.85. The molecule has 0 saturated heterocycles. The maximum atomic E-state index is 10.5. The molecule has 0 aliphatic heterocycles.